The van der Waals surface area contributed by atoms with Crippen molar-refractivity contribution in [3.63, 3.8) is 0 Å². The molecule has 0 aliphatic carbocycles. The third kappa shape index (κ3) is 1.99. The molecule has 0 saturated carbocycles. The van der Waals surface area contributed by atoms with E-state index in [0.29, 0.717) is 16.9 Å². The van der Waals surface area contributed by atoms with Crippen molar-refractivity contribution in [2.75, 3.05) is 5.73 Å². The van der Waals surface area contributed by atoms with Crippen LogP contribution >= 0.6 is 15.9 Å². The van der Waals surface area contributed by atoms with Crippen molar-refractivity contribution in [3.05, 3.63) is 45.8 Å². The van der Waals surface area contributed by atoms with Gasteiger partial charge in [-0.25, -0.2) is 18.7 Å². The summed E-state index contributed by atoms with van der Waals surface area (Å²) in [5, 5.41) is 0.651. The van der Waals surface area contributed by atoms with Gasteiger partial charge in [0.1, 0.15) is 23.8 Å². The summed E-state index contributed by atoms with van der Waals surface area (Å²) in [6.45, 7) is 3.65. The van der Waals surface area contributed by atoms with Crippen molar-refractivity contribution < 1.29 is 8.78 Å². The Bertz CT molecular complexity index is 873. The predicted octanol–water partition coefficient (Wildman–Crippen LogP) is 3.66. The molecule has 2 aromatic heterocycles. The molecule has 0 bridgehead atoms. The Morgan fingerprint density at radius 3 is 2.57 bits per heavy atom. The minimum absolute atomic E-state index is 0.0729. The second-order valence-corrected chi connectivity index (χ2v) is 5.58. The maximum absolute atomic E-state index is 14.2. The van der Waals surface area contributed by atoms with E-state index in [9.17, 15) is 8.78 Å². The van der Waals surface area contributed by atoms with Gasteiger partial charge in [0.05, 0.1) is 15.5 Å². The van der Waals surface area contributed by atoms with E-state index in [1.165, 1.54) is 6.33 Å². The van der Waals surface area contributed by atoms with Crippen LogP contribution in [0.4, 0.5) is 14.6 Å². The van der Waals surface area contributed by atoms with Crippen LogP contribution in [0.15, 0.2) is 22.9 Å². The van der Waals surface area contributed by atoms with Crippen molar-refractivity contribution in [1.82, 2.24) is 14.5 Å². The van der Waals surface area contributed by atoms with Gasteiger partial charge in [0.25, 0.3) is 0 Å². The van der Waals surface area contributed by atoms with Crippen molar-refractivity contribution in [1.29, 1.82) is 0 Å². The molecule has 21 heavy (non-hydrogen) atoms. The molecule has 3 aromatic rings. The fourth-order valence-electron chi connectivity index (χ4n) is 2.40. The van der Waals surface area contributed by atoms with Crippen LogP contribution in [-0.2, 0) is 0 Å². The number of hydrogen-bond acceptors (Lipinski definition) is 3. The largest absolute Gasteiger partial charge is 0.383 e. The van der Waals surface area contributed by atoms with E-state index < -0.39 is 11.6 Å². The summed E-state index contributed by atoms with van der Waals surface area (Å²) in [4.78, 5) is 8.11. The van der Waals surface area contributed by atoms with Gasteiger partial charge in [-0.1, -0.05) is 0 Å². The van der Waals surface area contributed by atoms with E-state index in [0.717, 1.165) is 23.4 Å². The summed E-state index contributed by atoms with van der Waals surface area (Å²) < 4.78 is 29.6. The number of fused-ring (bicyclic) bond motifs is 1. The summed E-state index contributed by atoms with van der Waals surface area (Å²) >= 11 is 2.97. The lowest BCUT2D eigenvalue weighted by atomic mass is 10.2. The maximum atomic E-state index is 14.2. The van der Waals surface area contributed by atoms with Gasteiger partial charge in [0.15, 0.2) is 5.65 Å². The second-order valence-electron chi connectivity index (χ2n) is 4.72. The Morgan fingerprint density at radius 1 is 1.14 bits per heavy atom. The molecular formula is C14H11BrF2N4. The Morgan fingerprint density at radius 2 is 1.86 bits per heavy atom. The molecule has 0 aliphatic heterocycles. The van der Waals surface area contributed by atoms with E-state index in [2.05, 4.69) is 25.9 Å². The van der Waals surface area contributed by atoms with Crippen molar-refractivity contribution in [2.24, 2.45) is 0 Å². The van der Waals surface area contributed by atoms with Crippen molar-refractivity contribution in [3.8, 4) is 5.69 Å². The summed E-state index contributed by atoms with van der Waals surface area (Å²) in [5.74, 6) is -0.787. The highest BCUT2D eigenvalue weighted by Gasteiger charge is 2.19. The first-order chi connectivity index (χ1) is 9.91. The first-order valence-electron chi connectivity index (χ1n) is 6.14. The maximum Gasteiger partial charge on any atom is 0.150 e. The van der Waals surface area contributed by atoms with E-state index in [1.54, 1.807) is 11.5 Å². The fraction of sp³-hybridized carbons (Fsp3) is 0.143. The molecule has 0 fully saturated rings. The van der Waals surface area contributed by atoms with Gasteiger partial charge in [0.2, 0.25) is 0 Å². The Labute approximate surface area is 127 Å². The highest BCUT2D eigenvalue weighted by molar-refractivity contribution is 9.10. The zero-order valence-corrected chi connectivity index (χ0v) is 12.9. The van der Waals surface area contributed by atoms with Crippen molar-refractivity contribution >= 4 is 32.8 Å². The van der Waals surface area contributed by atoms with Gasteiger partial charge in [-0.3, -0.25) is 4.57 Å². The Hall–Kier alpha value is -2.02. The molecule has 4 nitrogen and oxygen atoms in total. The van der Waals surface area contributed by atoms with Gasteiger partial charge < -0.3 is 5.73 Å². The lowest BCUT2D eigenvalue weighted by Crippen LogP contribution is -2.03. The van der Waals surface area contributed by atoms with Crippen LogP contribution in [0.3, 0.4) is 0 Å². The van der Waals surface area contributed by atoms with Gasteiger partial charge >= 0.3 is 0 Å². The van der Waals surface area contributed by atoms with E-state index >= 15 is 0 Å². The average Bonchev–Trinajstić information content (AvgIpc) is 2.68. The molecule has 2 N–H and O–H groups in total. The number of benzene rings is 1. The third-order valence-corrected chi connectivity index (χ3v) is 4.16. The average molecular weight is 353 g/mol. The van der Waals surface area contributed by atoms with Crippen LogP contribution in [0.2, 0.25) is 0 Å². The van der Waals surface area contributed by atoms with Crippen LogP contribution in [-0.4, -0.2) is 14.5 Å². The molecule has 7 heteroatoms. The topological polar surface area (TPSA) is 56.7 Å². The molecule has 2 heterocycles. The Balaban J connectivity index is 2.44. The SMILES string of the molecule is Cc1c(C)n(-c2cc(F)c(Br)cc2F)c2ncnc(N)c12. The number of nitrogens with two attached hydrogens (primary N) is 1. The number of hydrogen-bond donors (Lipinski definition) is 1. The quantitative estimate of drug-likeness (QED) is 0.680. The first-order valence-corrected chi connectivity index (χ1v) is 6.94. The van der Waals surface area contributed by atoms with Crippen LogP contribution in [0.25, 0.3) is 16.7 Å². The molecule has 0 atom stereocenters. The Kier molecular flexibility index (Phi) is 3.16. The minimum Gasteiger partial charge on any atom is -0.383 e. The standard InChI is InChI=1S/C14H11BrF2N4/c1-6-7(2)21(14-12(6)13(18)19-5-20-14)11-4-9(16)8(15)3-10(11)17/h3-5H,1-2H3,(H2,18,19,20). The monoisotopic (exact) mass is 352 g/mol. The molecule has 0 radical (unpaired) electrons. The molecule has 1 aromatic carbocycles. The zero-order chi connectivity index (χ0) is 15.3. The smallest absolute Gasteiger partial charge is 0.150 e. The summed E-state index contributed by atoms with van der Waals surface area (Å²) in [7, 11) is 0. The van der Waals surface area contributed by atoms with E-state index in [-0.39, 0.29) is 10.2 Å². The molecule has 0 spiro atoms. The molecule has 108 valence electrons. The second kappa shape index (κ2) is 4.77. The number of nitrogen functional groups attached to an aromatic ring is 1. The zero-order valence-electron chi connectivity index (χ0n) is 11.3. The van der Waals surface area contributed by atoms with Crippen LogP contribution in [0.5, 0.6) is 0 Å². The summed E-state index contributed by atoms with van der Waals surface area (Å²) in [6, 6.07) is 2.22. The number of aryl methyl sites for hydroxylation is 1. The third-order valence-electron chi connectivity index (χ3n) is 3.55. The van der Waals surface area contributed by atoms with Gasteiger partial charge in [-0.2, -0.15) is 0 Å². The van der Waals surface area contributed by atoms with Crippen LogP contribution in [0.1, 0.15) is 11.3 Å². The number of halogens is 3. The summed E-state index contributed by atoms with van der Waals surface area (Å²) in [5.41, 5.74) is 7.99. The highest BCUT2D eigenvalue weighted by atomic mass is 79.9. The molecule has 0 unspecified atom stereocenters. The molecule has 3 rings (SSSR count). The normalized spacial score (nSPS) is 11.3. The lowest BCUT2D eigenvalue weighted by molar-refractivity contribution is 0.587. The molecule has 0 saturated heterocycles. The predicted molar refractivity (Wildman–Crippen MR) is 80.4 cm³/mol. The fourth-order valence-corrected chi connectivity index (χ4v) is 2.72. The van der Waals surface area contributed by atoms with Crippen LogP contribution in [0, 0.1) is 25.5 Å². The first kappa shape index (κ1) is 13.9. The molecule has 0 aliphatic rings. The van der Waals surface area contributed by atoms with Gasteiger partial charge in [0, 0.05) is 11.8 Å². The van der Waals surface area contributed by atoms with Gasteiger partial charge in [-0.05, 0) is 41.4 Å². The number of rotatable bonds is 1. The van der Waals surface area contributed by atoms with E-state index in [4.69, 9.17) is 5.73 Å². The minimum atomic E-state index is -0.555. The molecule has 0 amide bonds. The summed E-state index contributed by atoms with van der Waals surface area (Å²) in [6.07, 6.45) is 1.31. The number of aromatic nitrogens is 3. The number of anilines is 1. The van der Waals surface area contributed by atoms with Crippen LogP contribution < -0.4 is 5.73 Å². The lowest BCUT2D eigenvalue weighted by Gasteiger charge is -2.10. The van der Waals surface area contributed by atoms with E-state index in [1.807, 2.05) is 6.92 Å². The number of nitrogens with zero attached hydrogens (tertiary/aromatic N) is 3. The van der Waals surface area contributed by atoms with Crippen molar-refractivity contribution in [2.45, 2.75) is 13.8 Å². The molecular weight excluding hydrogens is 342 g/mol. The highest BCUT2D eigenvalue weighted by Crippen LogP contribution is 2.32. The van der Waals surface area contributed by atoms with Gasteiger partial charge in [-0.15, -0.1) is 0 Å².